The summed E-state index contributed by atoms with van der Waals surface area (Å²) >= 11 is 12.0. The zero-order chi connectivity index (χ0) is 11.1. The Morgan fingerprint density at radius 3 is 2.56 bits per heavy atom. The van der Waals surface area contributed by atoms with Crippen LogP contribution in [0.5, 0.6) is 0 Å². The minimum atomic E-state index is 0.623. The van der Waals surface area contributed by atoms with Gasteiger partial charge < -0.3 is 0 Å². The Morgan fingerprint density at radius 1 is 0.812 bits per heavy atom. The standard InChI is InChI=1S/C14H6Cl2/c15-12-5-4-9-8-13-10(6-11(9)7-12)2-1-3-14(13)16/h2-4,6-8H. The van der Waals surface area contributed by atoms with Crippen LogP contribution in [0.15, 0.2) is 36.4 Å². The molecular formula is C14H6Cl2. The van der Waals surface area contributed by atoms with E-state index in [0.717, 1.165) is 21.5 Å². The van der Waals surface area contributed by atoms with Crippen molar-refractivity contribution in [3.63, 3.8) is 0 Å². The molecule has 0 spiro atoms. The van der Waals surface area contributed by atoms with Gasteiger partial charge in [0.15, 0.2) is 0 Å². The maximum Gasteiger partial charge on any atom is 0.0491 e. The third-order valence-corrected chi connectivity index (χ3v) is 3.14. The van der Waals surface area contributed by atoms with E-state index in [1.54, 1.807) is 6.07 Å². The SMILES string of the molecule is Clc1[c]cc2cc3c(Cl)c[c]cc3cc2c1. The van der Waals surface area contributed by atoms with Crippen LogP contribution in [0.2, 0.25) is 10.0 Å². The van der Waals surface area contributed by atoms with Crippen molar-refractivity contribution in [3.05, 3.63) is 58.6 Å². The number of hydrogen-bond donors (Lipinski definition) is 0. The Balaban J connectivity index is 2.49. The van der Waals surface area contributed by atoms with Crippen LogP contribution in [0.25, 0.3) is 21.5 Å². The number of fused-ring (bicyclic) bond motifs is 2. The van der Waals surface area contributed by atoms with E-state index in [4.69, 9.17) is 23.2 Å². The van der Waals surface area contributed by atoms with Crippen molar-refractivity contribution in [1.82, 2.24) is 0 Å². The third kappa shape index (κ3) is 1.55. The van der Waals surface area contributed by atoms with Crippen LogP contribution < -0.4 is 0 Å². The largest absolute Gasteiger partial charge is 0.0836 e. The lowest BCUT2D eigenvalue weighted by molar-refractivity contribution is 1.74. The fraction of sp³-hybridized carbons (Fsp3) is 0. The molecule has 0 nitrogen and oxygen atoms in total. The lowest BCUT2D eigenvalue weighted by Crippen LogP contribution is -1.78. The highest BCUT2D eigenvalue weighted by molar-refractivity contribution is 6.36. The van der Waals surface area contributed by atoms with Crippen LogP contribution in [0, 0.1) is 12.1 Å². The highest BCUT2D eigenvalue weighted by Gasteiger charge is 2.02. The molecule has 3 aromatic rings. The summed E-state index contributed by atoms with van der Waals surface area (Å²) < 4.78 is 0. The monoisotopic (exact) mass is 244 g/mol. The van der Waals surface area contributed by atoms with Gasteiger partial charge in [-0.1, -0.05) is 23.2 Å². The van der Waals surface area contributed by atoms with Gasteiger partial charge in [0.2, 0.25) is 0 Å². The minimum absolute atomic E-state index is 0.623. The molecule has 0 heterocycles. The zero-order valence-corrected chi connectivity index (χ0v) is 9.73. The second-order valence-corrected chi connectivity index (χ2v) is 4.47. The Bertz CT molecular complexity index is 686. The van der Waals surface area contributed by atoms with Crippen molar-refractivity contribution in [2.75, 3.05) is 0 Å². The second kappa shape index (κ2) is 3.65. The van der Waals surface area contributed by atoms with Gasteiger partial charge in [-0.3, -0.25) is 0 Å². The number of halogens is 2. The fourth-order valence-electron chi connectivity index (χ4n) is 1.83. The molecule has 3 rings (SSSR count). The summed E-state index contributed by atoms with van der Waals surface area (Å²) in [4.78, 5) is 0. The van der Waals surface area contributed by atoms with Gasteiger partial charge in [-0.15, -0.1) is 0 Å². The fourth-order valence-corrected chi connectivity index (χ4v) is 2.23. The van der Waals surface area contributed by atoms with Gasteiger partial charge >= 0.3 is 0 Å². The summed E-state index contributed by atoms with van der Waals surface area (Å²) in [5.74, 6) is 0. The lowest BCUT2D eigenvalue weighted by Gasteiger charge is -2.03. The van der Waals surface area contributed by atoms with Crippen LogP contribution in [-0.2, 0) is 0 Å². The van der Waals surface area contributed by atoms with Crippen LogP contribution in [0.3, 0.4) is 0 Å². The molecule has 0 N–H and O–H groups in total. The topological polar surface area (TPSA) is 0 Å². The van der Waals surface area contributed by atoms with Gasteiger partial charge in [-0.25, -0.2) is 0 Å². The van der Waals surface area contributed by atoms with Gasteiger partial charge in [0.1, 0.15) is 0 Å². The average molecular weight is 245 g/mol. The van der Waals surface area contributed by atoms with E-state index in [0.29, 0.717) is 10.0 Å². The van der Waals surface area contributed by atoms with Crippen LogP contribution in [-0.4, -0.2) is 0 Å². The summed E-state index contributed by atoms with van der Waals surface area (Å²) in [6.07, 6.45) is 0. The first kappa shape index (κ1) is 9.95. The van der Waals surface area contributed by atoms with Crippen molar-refractivity contribution in [3.8, 4) is 0 Å². The molecule has 0 fully saturated rings. The van der Waals surface area contributed by atoms with Crippen LogP contribution in [0.4, 0.5) is 0 Å². The van der Waals surface area contributed by atoms with E-state index in [-0.39, 0.29) is 0 Å². The molecule has 3 aromatic carbocycles. The van der Waals surface area contributed by atoms with E-state index in [2.05, 4.69) is 18.2 Å². The Kier molecular flexibility index (Phi) is 2.27. The van der Waals surface area contributed by atoms with Gasteiger partial charge in [0, 0.05) is 21.5 Å². The summed E-state index contributed by atoms with van der Waals surface area (Å²) in [7, 11) is 0. The number of hydrogen-bond acceptors (Lipinski definition) is 0. The highest BCUT2D eigenvalue weighted by atomic mass is 35.5. The second-order valence-electron chi connectivity index (χ2n) is 3.65. The molecule has 0 bridgehead atoms. The normalized spacial score (nSPS) is 11.1. The van der Waals surface area contributed by atoms with Gasteiger partial charge in [-0.2, -0.15) is 0 Å². The molecule has 16 heavy (non-hydrogen) atoms. The first-order valence-corrected chi connectivity index (χ1v) is 5.60. The van der Waals surface area contributed by atoms with E-state index >= 15 is 0 Å². The molecule has 0 atom stereocenters. The van der Waals surface area contributed by atoms with Crippen LogP contribution >= 0.6 is 23.2 Å². The Morgan fingerprint density at radius 2 is 1.69 bits per heavy atom. The summed E-state index contributed by atoms with van der Waals surface area (Å²) in [5.41, 5.74) is 0. The van der Waals surface area contributed by atoms with Crippen molar-refractivity contribution < 1.29 is 0 Å². The Labute approximate surface area is 103 Å². The molecule has 0 amide bonds. The zero-order valence-electron chi connectivity index (χ0n) is 8.22. The predicted octanol–water partition coefficient (Wildman–Crippen LogP) is 4.90. The quantitative estimate of drug-likeness (QED) is 0.494. The van der Waals surface area contributed by atoms with Crippen LogP contribution in [0.1, 0.15) is 0 Å². The minimum Gasteiger partial charge on any atom is -0.0836 e. The number of benzene rings is 3. The van der Waals surface area contributed by atoms with Crippen molar-refractivity contribution in [2.45, 2.75) is 0 Å². The molecule has 76 valence electrons. The lowest BCUT2D eigenvalue weighted by atomic mass is 10.0. The molecule has 0 unspecified atom stereocenters. The van der Waals surface area contributed by atoms with Crippen molar-refractivity contribution in [1.29, 1.82) is 0 Å². The third-order valence-electron chi connectivity index (χ3n) is 2.61. The molecule has 0 aliphatic rings. The molecule has 0 saturated heterocycles. The molecule has 2 heteroatoms. The van der Waals surface area contributed by atoms with Crippen molar-refractivity contribution in [2.24, 2.45) is 0 Å². The maximum atomic E-state index is 6.12. The van der Waals surface area contributed by atoms with Gasteiger partial charge in [0.05, 0.1) is 0 Å². The summed E-state index contributed by atoms with van der Waals surface area (Å²) in [6.45, 7) is 0. The van der Waals surface area contributed by atoms with E-state index in [1.165, 1.54) is 0 Å². The van der Waals surface area contributed by atoms with Crippen molar-refractivity contribution >= 4 is 44.7 Å². The van der Waals surface area contributed by atoms with E-state index < -0.39 is 0 Å². The van der Waals surface area contributed by atoms with Gasteiger partial charge in [-0.05, 0) is 58.6 Å². The molecule has 0 aliphatic carbocycles. The van der Waals surface area contributed by atoms with Gasteiger partial charge in [0.25, 0.3) is 0 Å². The smallest absolute Gasteiger partial charge is 0.0491 e. The van der Waals surface area contributed by atoms with E-state index in [1.807, 2.05) is 24.3 Å². The Hall–Kier alpha value is -1.24. The first-order chi connectivity index (χ1) is 7.74. The summed E-state index contributed by atoms with van der Waals surface area (Å²) in [6, 6.07) is 17.6. The highest BCUT2D eigenvalue weighted by Crippen LogP contribution is 2.29. The molecule has 0 saturated carbocycles. The molecule has 2 radical (unpaired) electrons. The molecule has 0 aliphatic heterocycles. The first-order valence-electron chi connectivity index (χ1n) is 4.84. The predicted molar refractivity (Wildman–Crippen MR) is 69.1 cm³/mol. The number of rotatable bonds is 0. The maximum absolute atomic E-state index is 6.12. The van der Waals surface area contributed by atoms with E-state index in [9.17, 15) is 0 Å². The molecular weight excluding hydrogens is 239 g/mol. The average Bonchev–Trinajstić information content (AvgIpc) is 2.27. The summed E-state index contributed by atoms with van der Waals surface area (Å²) in [5, 5.41) is 5.62. The molecule has 0 aromatic heterocycles.